The van der Waals surface area contributed by atoms with Gasteiger partial charge in [0.25, 0.3) is 0 Å². The van der Waals surface area contributed by atoms with E-state index in [0.717, 1.165) is 12.8 Å². The molecule has 0 aromatic heterocycles. The molecule has 62 valence electrons. The lowest BCUT2D eigenvalue weighted by Crippen LogP contribution is -2.35. The third-order valence-electron chi connectivity index (χ3n) is 1.92. The van der Waals surface area contributed by atoms with Crippen molar-refractivity contribution in [3.63, 3.8) is 0 Å². The van der Waals surface area contributed by atoms with Crippen molar-refractivity contribution in [1.82, 2.24) is 0 Å². The van der Waals surface area contributed by atoms with Gasteiger partial charge in [-0.3, -0.25) is 0 Å². The van der Waals surface area contributed by atoms with Crippen molar-refractivity contribution in [2.24, 2.45) is 23.1 Å². The zero-order chi connectivity index (χ0) is 7.98. The molecule has 0 aromatic carbocycles. The fraction of sp³-hybridized carbons (Fsp3) is 1.00. The fourth-order valence-corrected chi connectivity index (χ4v) is 1.05. The van der Waals surface area contributed by atoms with Crippen LogP contribution >= 0.6 is 0 Å². The average Bonchev–Trinajstić information content (AvgIpc) is 1.99. The Kier molecular flexibility index (Phi) is 5.58. The Bertz CT molecular complexity index is 75.3. The van der Waals surface area contributed by atoms with Crippen molar-refractivity contribution in [3.05, 3.63) is 0 Å². The second-order valence-electron chi connectivity index (χ2n) is 2.65. The van der Waals surface area contributed by atoms with Crippen LogP contribution in [0.1, 0.15) is 19.8 Å². The SMILES string of the molecule is CCC(N)C(CN)CCN. The first-order chi connectivity index (χ1) is 4.76. The summed E-state index contributed by atoms with van der Waals surface area (Å²) in [6, 6.07) is 0.230. The molecule has 0 fully saturated rings. The minimum atomic E-state index is 0.230. The first-order valence-corrected chi connectivity index (χ1v) is 3.92. The minimum absolute atomic E-state index is 0.230. The summed E-state index contributed by atoms with van der Waals surface area (Å²) in [6.07, 6.45) is 1.94. The van der Waals surface area contributed by atoms with Gasteiger partial charge in [-0.05, 0) is 31.8 Å². The number of hydrogen-bond donors (Lipinski definition) is 3. The third-order valence-corrected chi connectivity index (χ3v) is 1.92. The predicted molar refractivity (Wildman–Crippen MR) is 44.5 cm³/mol. The summed E-state index contributed by atoms with van der Waals surface area (Å²) in [5.41, 5.74) is 16.7. The molecule has 0 bridgehead atoms. The molecule has 0 aliphatic carbocycles. The molecule has 0 rings (SSSR count). The van der Waals surface area contributed by atoms with Gasteiger partial charge in [-0.2, -0.15) is 0 Å². The highest BCUT2D eigenvalue weighted by molar-refractivity contribution is 4.72. The zero-order valence-corrected chi connectivity index (χ0v) is 6.72. The Balaban J connectivity index is 3.56. The van der Waals surface area contributed by atoms with E-state index in [1.54, 1.807) is 0 Å². The molecule has 0 saturated carbocycles. The first-order valence-electron chi connectivity index (χ1n) is 3.92. The van der Waals surface area contributed by atoms with Crippen molar-refractivity contribution in [2.75, 3.05) is 13.1 Å². The lowest BCUT2D eigenvalue weighted by Gasteiger charge is -2.19. The van der Waals surface area contributed by atoms with Gasteiger partial charge < -0.3 is 17.2 Å². The van der Waals surface area contributed by atoms with E-state index < -0.39 is 0 Å². The van der Waals surface area contributed by atoms with Gasteiger partial charge in [-0.25, -0.2) is 0 Å². The molecular weight excluding hydrogens is 126 g/mol. The summed E-state index contributed by atoms with van der Waals surface area (Å²) in [5, 5.41) is 0. The minimum Gasteiger partial charge on any atom is -0.330 e. The molecule has 0 heterocycles. The molecular formula is C7H19N3. The molecule has 0 aliphatic heterocycles. The van der Waals surface area contributed by atoms with Gasteiger partial charge in [0, 0.05) is 6.04 Å². The highest BCUT2D eigenvalue weighted by Crippen LogP contribution is 2.06. The van der Waals surface area contributed by atoms with Crippen LogP contribution in [0.25, 0.3) is 0 Å². The van der Waals surface area contributed by atoms with Crippen LogP contribution in [0.2, 0.25) is 0 Å². The van der Waals surface area contributed by atoms with Gasteiger partial charge in [-0.1, -0.05) is 6.92 Å². The molecule has 0 aromatic rings. The van der Waals surface area contributed by atoms with Crippen LogP contribution in [0.4, 0.5) is 0 Å². The van der Waals surface area contributed by atoms with E-state index in [0.29, 0.717) is 19.0 Å². The number of hydrogen-bond acceptors (Lipinski definition) is 3. The molecule has 3 nitrogen and oxygen atoms in total. The molecule has 2 atom stereocenters. The highest BCUT2D eigenvalue weighted by Gasteiger charge is 2.12. The molecule has 0 saturated heterocycles. The van der Waals surface area contributed by atoms with E-state index in [-0.39, 0.29) is 6.04 Å². The van der Waals surface area contributed by atoms with Gasteiger partial charge in [0.15, 0.2) is 0 Å². The van der Waals surface area contributed by atoms with Crippen LogP contribution in [0, 0.1) is 5.92 Å². The fourth-order valence-electron chi connectivity index (χ4n) is 1.05. The van der Waals surface area contributed by atoms with Crippen LogP contribution in [-0.4, -0.2) is 19.1 Å². The molecule has 0 amide bonds. The summed E-state index contributed by atoms with van der Waals surface area (Å²) in [4.78, 5) is 0. The summed E-state index contributed by atoms with van der Waals surface area (Å²) < 4.78 is 0. The molecule has 0 aliphatic rings. The predicted octanol–water partition coefficient (Wildman–Crippen LogP) is -0.353. The van der Waals surface area contributed by atoms with Gasteiger partial charge in [-0.15, -0.1) is 0 Å². The third kappa shape index (κ3) is 3.15. The Labute approximate surface area is 62.9 Å². The maximum Gasteiger partial charge on any atom is 0.00770 e. The molecule has 3 heteroatoms. The lowest BCUT2D eigenvalue weighted by atomic mass is 9.95. The molecule has 2 unspecified atom stereocenters. The summed E-state index contributed by atoms with van der Waals surface area (Å²) in [5.74, 6) is 0.412. The van der Waals surface area contributed by atoms with Crippen molar-refractivity contribution >= 4 is 0 Å². The first kappa shape index (κ1) is 9.88. The van der Waals surface area contributed by atoms with Crippen LogP contribution in [-0.2, 0) is 0 Å². The summed E-state index contributed by atoms with van der Waals surface area (Å²) in [6.45, 7) is 3.42. The van der Waals surface area contributed by atoms with Crippen LogP contribution in [0.5, 0.6) is 0 Å². The van der Waals surface area contributed by atoms with Crippen molar-refractivity contribution in [1.29, 1.82) is 0 Å². The molecule has 10 heavy (non-hydrogen) atoms. The molecule has 6 N–H and O–H groups in total. The average molecular weight is 145 g/mol. The Morgan fingerprint density at radius 3 is 2.20 bits per heavy atom. The number of rotatable bonds is 5. The van der Waals surface area contributed by atoms with E-state index in [2.05, 4.69) is 6.92 Å². The Morgan fingerprint density at radius 1 is 1.30 bits per heavy atom. The monoisotopic (exact) mass is 145 g/mol. The van der Waals surface area contributed by atoms with E-state index in [1.807, 2.05) is 0 Å². The zero-order valence-electron chi connectivity index (χ0n) is 6.72. The Morgan fingerprint density at radius 2 is 1.90 bits per heavy atom. The second kappa shape index (κ2) is 5.65. The van der Waals surface area contributed by atoms with Crippen LogP contribution in [0.15, 0.2) is 0 Å². The lowest BCUT2D eigenvalue weighted by molar-refractivity contribution is 0.398. The van der Waals surface area contributed by atoms with Gasteiger partial charge >= 0.3 is 0 Å². The summed E-state index contributed by atoms with van der Waals surface area (Å²) >= 11 is 0. The van der Waals surface area contributed by atoms with Crippen LogP contribution < -0.4 is 17.2 Å². The van der Waals surface area contributed by atoms with E-state index in [4.69, 9.17) is 17.2 Å². The van der Waals surface area contributed by atoms with Gasteiger partial charge in [0.1, 0.15) is 0 Å². The highest BCUT2D eigenvalue weighted by atomic mass is 14.7. The standard InChI is InChI=1S/C7H19N3/c1-2-7(10)6(5-9)3-4-8/h6-7H,2-5,8-10H2,1H3. The van der Waals surface area contributed by atoms with Crippen LogP contribution in [0.3, 0.4) is 0 Å². The van der Waals surface area contributed by atoms with Gasteiger partial charge in [0.2, 0.25) is 0 Å². The summed E-state index contributed by atoms with van der Waals surface area (Å²) in [7, 11) is 0. The molecule has 0 spiro atoms. The smallest absolute Gasteiger partial charge is 0.00770 e. The van der Waals surface area contributed by atoms with Crippen molar-refractivity contribution in [3.8, 4) is 0 Å². The van der Waals surface area contributed by atoms with E-state index >= 15 is 0 Å². The largest absolute Gasteiger partial charge is 0.330 e. The maximum absolute atomic E-state index is 5.78. The second-order valence-corrected chi connectivity index (χ2v) is 2.65. The van der Waals surface area contributed by atoms with E-state index in [1.165, 1.54) is 0 Å². The van der Waals surface area contributed by atoms with Gasteiger partial charge in [0.05, 0.1) is 0 Å². The number of nitrogens with two attached hydrogens (primary N) is 3. The maximum atomic E-state index is 5.78. The quantitative estimate of drug-likeness (QED) is 0.494. The molecule has 0 radical (unpaired) electrons. The topological polar surface area (TPSA) is 78.1 Å². The van der Waals surface area contributed by atoms with E-state index in [9.17, 15) is 0 Å². The van der Waals surface area contributed by atoms with Crippen molar-refractivity contribution in [2.45, 2.75) is 25.8 Å². The van der Waals surface area contributed by atoms with Crippen molar-refractivity contribution < 1.29 is 0 Å². The normalized spacial score (nSPS) is 16.8. The Hall–Kier alpha value is -0.120.